The highest BCUT2D eigenvalue weighted by atomic mass is 16.5. The van der Waals surface area contributed by atoms with Crippen LogP contribution in [0.25, 0.3) is 10.9 Å². The van der Waals surface area contributed by atoms with Crippen LogP contribution in [0.3, 0.4) is 0 Å². The number of methoxy groups -OCH3 is 1. The Bertz CT molecular complexity index is 941. The summed E-state index contributed by atoms with van der Waals surface area (Å²) in [4.78, 5) is 21.4. The van der Waals surface area contributed by atoms with Crippen LogP contribution in [0.2, 0.25) is 0 Å². The molecule has 1 aromatic carbocycles. The van der Waals surface area contributed by atoms with Crippen molar-refractivity contribution >= 4 is 16.8 Å². The zero-order valence-electron chi connectivity index (χ0n) is 15.1. The van der Waals surface area contributed by atoms with Crippen molar-refractivity contribution in [1.82, 2.24) is 15.3 Å². The lowest BCUT2D eigenvalue weighted by Gasteiger charge is -2.11. The number of hydrogen-bond donors (Lipinski definition) is 1. The molecule has 0 saturated heterocycles. The first-order valence-corrected chi connectivity index (χ1v) is 8.42. The van der Waals surface area contributed by atoms with Crippen LogP contribution in [0, 0.1) is 6.92 Å². The van der Waals surface area contributed by atoms with Gasteiger partial charge >= 0.3 is 0 Å². The first kappa shape index (κ1) is 17.7. The fraction of sp³-hybridized carbons (Fsp3) is 0.250. The molecular formula is C20H21N3O3. The fourth-order valence-electron chi connectivity index (χ4n) is 2.70. The van der Waals surface area contributed by atoms with E-state index in [1.54, 1.807) is 13.3 Å². The summed E-state index contributed by atoms with van der Waals surface area (Å²) in [5.41, 5.74) is 2.87. The summed E-state index contributed by atoms with van der Waals surface area (Å²) in [5, 5.41) is 3.78. The lowest BCUT2D eigenvalue weighted by molar-refractivity contribution is 0.0949. The zero-order valence-corrected chi connectivity index (χ0v) is 15.1. The summed E-state index contributed by atoms with van der Waals surface area (Å²) in [7, 11) is 1.61. The van der Waals surface area contributed by atoms with E-state index in [0.29, 0.717) is 30.3 Å². The van der Waals surface area contributed by atoms with Gasteiger partial charge in [-0.25, -0.2) is 4.98 Å². The second-order valence-corrected chi connectivity index (χ2v) is 5.76. The quantitative estimate of drug-likeness (QED) is 0.738. The molecule has 0 fully saturated rings. The second kappa shape index (κ2) is 7.82. The predicted octanol–water partition coefficient (Wildman–Crippen LogP) is 3.28. The van der Waals surface area contributed by atoms with Crippen LogP contribution < -0.4 is 14.8 Å². The molecule has 0 atom stereocenters. The SMILES string of the molecule is CCOc1ncccc1CNC(=O)c1cc2cc(OC)ccc2nc1C. The summed E-state index contributed by atoms with van der Waals surface area (Å²) in [6.07, 6.45) is 1.67. The number of amides is 1. The Morgan fingerprint density at radius 3 is 2.85 bits per heavy atom. The van der Waals surface area contributed by atoms with E-state index in [4.69, 9.17) is 9.47 Å². The topological polar surface area (TPSA) is 73.3 Å². The minimum atomic E-state index is -0.189. The molecule has 0 spiro atoms. The molecule has 0 radical (unpaired) electrons. The molecule has 6 nitrogen and oxygen atoms in total. The highest BCUT2D eigenvalue weighted by Crippen LogP contribution is 2.22. The lowest BCUT2D eigenvalue weighted by Crippen LogP contribution is -2.24. The van der Waals surface area contributed by atoms with E-state index in [1.165, 1.54) is 0 Å². The largest absolute Gasteiger partial charge is 0.497 e. The molecule has 2 heterocycles. The number of pyridine rings is 2. The van der Waals surface area contributed by atoms with Crippen LogP contribution >= 0.6 is 0 Å². The minimum Gasteiger partial charge on any atom is -0.497 e. The first-order chi connectivity index (χ1) is 12.6. The van der Waals surface area contributed by atoms with Crippen molar-refractivity contribution < 1.29 is 14.3 Å². The molecule has 26 heavy (non-hydrogen) atoms. The average Bonchev–Trinajstić information content (AvgIpc) is 2.66. The Kier molecular flexibility index (Phi) is 5.31. The third kappa shape index (κ3) is 3.74. The van der Waals surface area contributed by atoms with Crippen LogP contribution in [-0.4, -0.2) is 29.6 Å². The number of ether oxygens (including phenoxy) is 2. The van der Waals surface area contributed by atoms with Gasteiger partial charge in [-0.2, -0.15) is 0 Å². The highest BCUT2D eigenvalue weighted by Gasteiger charge is 2.13. The first-order valence-electron chi connectivity index (χ1n) is 8.42. The van der Waals surface area contributed by atoms with Crippen LogP contribution in [0.4, 0.5) is 0 Å². The standard InChI is InChI=1S/C20H21N3O3/c1-4-26-20-14(6-5-9-21-20)12-22-19(24)17-11-15-10-16(25-3)7-8-18(15)23-13(17)2/h5-11H,4,12H2,1-3H3,(H,22,24). The van der Waals surface area contributed by atoms with E-state index in [9.17, 15) is 4.79 Å². The van der Waals surface area contributed by atoms with Crippen LogP contribution in [0.15, 0.2) is 42.6 Å². The molecule has 0 aliphatic carbocycles. The summed E-state index contributed by atoms with van der Waals surface area (Å²) >= 11 is 0. The Labute approximate surface area is 152 Å². The fourth-order valence-corrected chi connectivity index (χ4v) is 2.70. The van der Waals surface area contributed by atoms with Gasteiger partial charge in [0.2, 0.25) is 5.88 Å². The van der Waals surface area contributed by atoms with Crippen molar-refractivity contribution in [2.24, 2.45) is 0 Å². The van der Waals surface area contributed by atoms with E-state index in [2.05, 4.69) is 15.3 Å². The number of carbonyl (C=O) groups is 1. The van der Waals surface area contributed by atoms with Gasteiger partial charge in [-0.3, -0.25) is 9.78 Å². The molecule has 0 aliphatic heterocycles. The maximum Gasteiger partial charge on any atom is 0.253 e. The average molecular weight is 351 g/mol. The van der Waals surface area contributed by atoms with E-state index in [0.717, 1.165) is 22.2 Å². The number of aromatic nitrogens is 2. The Morgan fingerprint density at radius 2 is 2.08 bits per heavy atom. The van der Waals surface area contributed by atoms with E-state index in [-0.39, 0.29) is 5.91 Å². The third-order valence-corrected chi connectivity index (χ3v) is 4.03. The van der Waals surface area contributed by atoms with E-state index < -0.39 is 0 Å². The molecule has 1 amide bonds. The van der Waals surface area contributed by atoms with Crippen molar-refractivity contribution in [2.75, 3.05) is 13.7 Å². The molecule has 3 rings (SSSR count). The number of rotatable bonds is 6. The van der Waals surface area contributed by atoms with Gasteiger partial charge < -0.3 is 14.8 Å². The van der Waals surface area contributed by atoms with E-state index in [1.807, 2.05) is 50.2 Å². The van der Waals surface area contributed by atoms with Crippen molar-refractivity contribution in [2.45, 2.75) is 20.4 Å². The van der Waals surface area contributed by atoms with Crippen molar-refractivity contribution in [3.05, 3.63) is 59.4 Å². The van der Waals surface area contributed by atoms with Gasteiger partial charge in [0.25, 0.3) is 5.91 Å². The number of carbonyl (C=O) groups excluding carboxylic acids is 1. The predicted molar refractivity (Wildman–Crippen MR) is 99.6 cm³/mol. The van der Waals surface area contributed by atoms with Gasteiger partial charge in [0.15, 0.2) is 0 Å². The van der Waals surface area contributed by atoms with Gasteiger partial charge in [-0.1, -0.05) is 6.07 Å². The maximum atomic E-state index is 12.7. The second-order valence-electron chi connectivity index (χ2n) is 5.76. The number of nitrogens with zero attached hydrogens (tertiary/aromatic N) is 2. The van der Waals surface area contributed by atoms with Crippen molar-refractivity contribution in [3.63, 3.8) is 0 Å². The summed E-state index contributed by atoms with van der Waals surface area (Å²) < 4.78 is 10.7. The van der Waals surface area contributed by atoms with E-state index >= 15 is 0 Å². The Hall–Kier alpha value is -3.15. The molecule has 0 saturated carbocycles. The molecule has 6 heteroatoms. The van der Waals surface area contributed by atoms with Crippen LogP contribution in [0.1, 0.15) is 28.5 Å². The zero-order chi connectivity index (χ0) is 18.5. The Balaban J connectivity index is 1.82. The van der Waals surface area contributed by atoms with Gasteiger partial charge in [-0.05, 0) is 44.2 Å². The normalized spacial score (nSPS) is 10.6. The number of fused-ring (bicyclic) bond motifs is 1. The van der Waals surface area contributed by atoms with Gasteiger partial charge in [-0.15, -0.1) is 0 Å². The molecule has 0 bridgehead atoms. The minimum absolute atomic E-state index is 0.189. The third-order valence-electron chi connectivity index (χ3n) is 4.03. The Morgan fingerprint density at radius 1 is 1.23 bits per heavy atom. The van der Waals surface area contributed by atoms with Crippen LogP contribution in [0.5, 0.6) is 11.6 Å². The molecule has 2 aromatic heterocycles. The number of hydrogen-bond acceptors (Lipinski definition) is 5. The maximum absolute atomic E-state index is 12.7. The van der Waals surface area contributed by atoms with Gasteiger partial charge in [0.05, 0.1) is 30.5 Å². The number of aryl methyl sites for hydroxylation is 1. The lowest BCUT2D eigenvalue weighted by atomic mass is 10.1. The molecule has 0 unspecified atom stereocenters. The van der Waals surface area contributed by atoms with Gasteiger partial charge in [0, 0.05) is 23.7 Å². The summed E-state index contributed by atoms with van der Waals surface area (Å²) in [5.74, 6) is 1.07. The molecule has 3 aromatic rings. The van der Waals surface area contributed by atoms with Gasteiger partial charge in [0.1, 0.15) is 5.75 Å². The molecule has 0 aliphatic rings. The molecule has 134 valence electrons. The summed E-state index contributed by atoms with van der Waals surface area (Å²) in [6.45, 7) is 4.58. The number of nitrogens with one attached hydrogen (secondary N) is 1. The summed E-state index contributed by atoms with van der Waals surface area (Å²) in [6, 6.07) is 11.1. The van der Waals surface area contributed by atoms with Crippen LogP contribution in [-0.2, 0) is 6.54 Å². The number of benzene rings is 1. The molecular weight excluding hydrogens is 330 g/mol. The highest BCUT2D eigenvalue weighted by molar-refractivity contribution is 5.98. The van der Waals surface area contributed by atoms with Crippen molar-refractivity contribution in [3.8, 4) is 11.6 Å². The monoisotopic (exact) mass is 351 g/mol. The smallest absolute Gasteiger partial charge is 0.253 e. The van der Waals surface area contributed by atoms with Crippen molar-refractivity contribution in [1.29, 1.82) is 0 Å². The molecule has 1 N–H and O–H groups in total.